The summed E-state index contributed by atoms with van der Waals surface area (Å²) in [6.07, 6.45) is 0. The number of fused-ring (bicyclic) bond motifs is 1. The van der Waals surface area contributed by atoms with Crippen LogP contribution in [0.4, 0.5) is 22.7 Å². The first-order valence-electron chi connectivity index (χ1n) is 8.57. The van der Waals surface area contributed by atoms with E-state index in [-0.39, 0.29) is 10.6 Å². The van der Waals surface area contributed by atoms with Crippen molar-refractivity contribution < 1.29 is 4.92 Å². The van der Waals surface area contributed by atoms with Crippen molar-refractivity contribution in [1.82, 2.24) is 0 Å². The average molecular weight is 348 g/mol. The van der Waals surface area contributed by atoms with E-state index in [0.717, 1.165) is 24.5 Å². The van der Waals surface area contributed by atoms with Gasteiger partial charge in [0.15, 0.2) is 0 Å². The van der Waals surface area contributed by atoms with Crippen LogP contribution in [0.5, 0.6) is 0 Å². The zero-order valence-corrected chi connectivity index (χ0v) is 14.8. The molecule has 6 nitrogen and oxygen atoms in total. The number of benzene rings is 3. The van der Waals surface area contributed by atoms with Crippen LogP contribution in [0, 0.1) is 10.1 Å². The van der Waals surface area contributed by atoms with Crippen molar-refractivity contribution in [3.63, 3.8) is 0 Å². The normalized spacial score (nSPS) is 11.2. The van der Waals surface area contributed by atoms with Crippen LogP contribution < -0.4 is 4.90 Å². The molecule has 0 N–H and O–H groups in total. The van der Waals surface area contributed by atoms with E-state index in [4.69, 9.17) is 0 Å². The van der Waals surface area contributed by atoms with Gasteiger partial charge < -0.3 is 4.90 Å². The highest BCUT2D eigenvalue weighted by Crippen LogP contribution is 2.34. The summed E-state index contributed by atoms with van der Waals surface area (Å²) in [5, 5.41) is 21.1. The van der Waals surface area contributed by atoms with E-state index in [1.165, 1.54) is 6.07 Å². The molecule has 3 aromatic rings. The minimum absolute atomic E-state index is 0.0723. The van der Waals surface area contributed by atoms with Crippen molar-refractivity contribution in [3.05, 3.63) is 70.8 Å². The molecule has 0 aliphatic heterocycles. The topological polar surface area (TPSA) is 71.1 Å². The zero-order chi connectivity index (χ0) is 18.5. The van der Waals surface area contributed by atoms with Gasteiger partial charge in [0, 0.05) is 30.2 Å². The quantitative estimate of drug-likeness (QED) is 0.311. The Hall–Kier alpha value is -3.28. The molecule has 132 valence electrons. The average Bonchev–Trinajstić information content (AvgIpc) is 2.67. The van der Waals surface area contributed by atoms with Crippen molar-refractivity contribution in [2.45, 2.75) is 13.8 Å². The molecule has 0 unspecified atom stereocenters. The predicted octanol–water partition coefficient (Wildman–Crippen LogP) is 6.01. The number of non-ortho nitro benzene ring substituents is 1. The van der Waals surface area contributed by atoms with E-state index in [1.54, 1.807) is 18.2 Å². The minimum atomic E-state index is -0.380. The summed E-state index contributed by atoms with van der Waals surface area (Å²) in [7, 11) is 0. The Balaban J connectivity index is 1.92. The largest absolute Gasteiger partial charge is 0.372 e. The molecule has 0 amide bonds. The zero-order valence-electron chi connectivity index (χ0n) is 14.8. The highest BCUT2D eigenvalue weighted by Gasteiger charge is 2.13. The molecule has 3 aromatic carbocycles. The molecular formula is C20H20N4O2. The van der Waals surface area contributed by atoms with Gasteiger partial charge in [-0.25, -0.2) is 0 Å². The summed E-state index contributed by atoms with van der Waals surface area (Å²) in [6.45, 7) is 6.14. The van der Waals surface area contributed by atoms with Gasteiger partial charge in [-0.05, 0) is 50.2 Å². The highest BCUT2D eigenvalue weighted by molar-refractivity contribution is 5.98. The van der Waals surface area contributed by atoms with Gasteiger partial charge in [0.2, 0.25) is 0 Å². The number of anilines is 1. The van der Waals surface area contributed by atoms with E-state index in [2.05, 4.69) is 29.0 Å². The maximum atomic E-state index is 11.2. The molecule has 0 aliphatic rings. The number of nitro groups is 1. The van der Waals surface area contributed by atoms with Crippen LogP contribution in [-0.2, 0) is 0 Å². The summed E-state index contributed by atoms with van der Waals surface area (Å²) in [5.41, 5.74) is 2.57. The Morgan fingerprint density at radius 2 is 1.54 bits per heavy atom. The van der Waals surface area contributed by atoms with E-state index in [0.29, 0.717) is 16.5 Å². The van der Waals surface area contributed by atoms with Crippen LogP contribution in [0.25, 0.3) is 10.8 Å². The van der Waals surface area contributed by atoms with E-state index in [1.807, 2.05) is 36.4 Å². The lowest BCUT2D eigenvalue weighted by Crippen LogP contribution is -2.21. The van der Waals surface area contributed by atoms with Crippen LogP contribution in [0.1, 0.15) is 13.8 Å². The van der Waals surface area contributed by atoms with Gasteiger partial charge in [0.05, 0.1) is 21.7 Å². The standard InChI is InChI=1S/C20H20N4O2/c1-3-23(4-2)16-11-9-15(10-12-16)21-22-19-13-14-20(24(25)26)18-8-6-5-7-17(18)19/h5-14H,3-4H2,1-2H3/b22-21+. The monoisotopic (exact) mass is 348 g/mol. The summed E-state index contributed by atoms with van der Waals surface area (Å²) in [5.74, 6) is 0. The molecular weight excluding hydrogens is 328 g/mol. The van der Waals surface area contributed by atoms with Crippen molar-refractivity contribution in [3.8, 4) is 0 Å². The third-order valence-electron chi connectivity index (χ3n) is 4.33. The second-order valence-corrected chi connectivity index (χ2v) is 5.80. The van der Waals surface area contributed by atoms with Crippen LogP contribution in [0.15, 0.2) is 70.9 Å². The third-order valence-corrected chi connectivity index (χ3v) is 4.33. The van der Waals surface area contributed by atoms with Crippen LogP contribution in [-0.4, -0.2) is 18.0 Å². The molecule has 26 heavy (non-hydrogen) atoms. The predicted molar refractivity (Wildman–Crippen MR) is 105 cm³/mol. The number of rotatable bonds is 6. The van der Waals surface area contributed by atoms with Gasteiger partial charge in [0.25, 0.3) is 5.69 Å². The lowest BCUT2D eigenvalue weighted by molar-refractivity contribution is -0.383. The van der Waals surface area contributed by atoms with Crippen molar-refractivity contribution >= 4 is 33.5 Å². The molecule has 0 saturated carbocycles. The van der Waals surface area contributed by atoms with Crippen LogP contribution >= 0.6 is 0 Å². The lowest BCUT2D eigenvalue weighted by Gasteiger charge is -2.20. The molecule has 0 fully saturated rings. The molecule has 3 rings (SSSR count). The maximum absolute atomic E-state index is 11.2. The molecule has 0 spiro atoms. The van der Waals surface area contributed by atoms with E-state index in [9.17, 15) is 10.1 Å². The second kappa shape index (κ2) is 7.74. The molecule has 6 heteroatoms. The van der Waals surface area contributed by atoms with E-state index < -0.39 is 0 Å². The van der Waals surface area contributed by atoms with Crippen molar-refractivity contribution in [2.75, 3.05) is 18.0 Å². The number of nitrogens with zero attached hydrogens (tertiary/aromatic N) is 4. The van der Waals surface area contributed by atoms with Crippen LogP contribution in [0.2, 0.25) is 0 Å². The van der Waals surface area contributed by atoms with Crippen molar-refractivity contribution in [2.24, 2.45) is 10.2 Å². The van der Waals surface area contributed by atoms with Gasteiger partial charge >= 0.3 is 0 Å². The first-order valence-corrected chi connectivity index (χ1v) is 8.57. The van der Waals surface area contributed by atoms with Gasteiger partial charge in [-0.2, -0.15) is 5.11 Å². The van der Waals surface area contributed by atoms with E-state index >= 15 is 0 Å². The number of azo groups is 1. The first kappa shape index (κ1) is 17.5. The Morgan fingerprint density at radius 1 is 0.885 bits per heavy atom. The summed E-state index contributed by atoms with van der Waals surface area (Å²) in [4.78, 5) is 13.1. The number of hydrogen-bond acceptors (Lipinski definition) is 5. The first-order chi connectivity index (χ1) is 12.6. The summed E-state index contributed by atoms with van der Waals surface area (Å²) < 4.78 is 0. The molecule has 0 heterocycles. The second-order valence-electron chi connectivity index (χ2n) is 5.80. The smallest absolute Gasteiger partial charge is 0.277 e. The molecule has 0 saturated heterocycles. The van der Waals surface area contributed by atoms with Gasteiger partial charge in [-0.1, -0.05) is 18.2 Å². The summed E-state index contributed by atoms with van der Waals surface area (Å²) in [6, 6.07) is 18.2. The fourth-order valence-corrected chi connectivity index (χ4v) is 2.94. The van der Waals surface area contributed by atoms with Crippen molar-refractivity contribution in [1.29, 1.82) is 0 Å². The Labute approximate surface area is 151 Å². The van der Waals surface area contributed by atoms with Gasteiger partial charge in [-0.15, -0.1) is 5.11 Å². The molecule has 0 bridgehead atoms. The summed E-state index contributed by atoms with van der Waals surface area (Å²) >= 11 is 0. The lowest BCUT2D eigenvalue weighted by atomic mass is 10.1. The van der Waals surface area contributed by atoms with Crippen LogP contribution in [0.3, 0.4) is 0 Å². The third kappa shape index (κ3) is 3.54. The van der Waals surface area contributed by atoms with Gasteiger partial charge in [-0.3, -0.25) is 10.1 Å². The number of hydrogen-bond donors (Lipinski definition) is 0. The molecule has 0 aliphatic carbocycles. The highest BCUT2D eigenvalue weighted by atomic mass is 16.6. The SMILES string of the molecule is CCN(CC)c1ccc(/N=N/c2ccc([N+](=O)[O-])c3ccccc23)cc1. The Bertz CT molecular complexity index is 948. The molecule has 0 radical (unpaired) electrons. The minimum Gasteiger partial charge on any atom is -0.372 e. The maximum Gasteiger partial charge on any atom is 0.277 e. The Kier molecular flexibility index (Phi) is 5.22. The fourth-order valence-electron chi connectivity index (χ4n) is 2.94. The number of nitro benzene ring substituents is 1. The fraction of sp³-hybridized carbons (Fsp3) is 0.200. The Morgan fingerprint density at radius 3 is 2.15 bits per heavy atom. The molecule has 0 aromatic heterocycles. The van der Waals surface area contributed by atoms with Gasteiger partial charge in [0.1, 0.15) is 0 Å². The molecule has 0 atom stereocenters.